The van der Waals surface area contributed by atoms with Gasteiger partial charge < -0.3 is 34.1 Å². The second-order valence-electron chi connectivity index (χ2n) is 9.45. The summed E-state index contributed by atoms with van der Waals surface area (Å²) in [5.74, 6) is -2.78. The number of benzene rings is 3. The van der Waals surface area contributed by atoms with Crippen LogP contribution in [0, 0.1) is 11.6 Å². The van der Waals surface area contributed by atoms with Gasteiger partial charge in [0.1, 0.15) is 41.6 Å². The minimum Gasteiger partial charge on any atom is -0.454 e. The van der Waals surface area contributed by atoms with Crippen LogP contribution in [0.3, 0.4) is 0 Å². The molecule has 5 atom stereocenters. The average Bonchev–Trinajstić information content (AvgIpc) is 3.51. The number of fused-ring (bicyclic) bond motifs is 10. The van der Waals surface area contributed by atoms with Crippen molar-refractivity contribution in [1.82, 2.24) is 9.88 Å². The molecular weight excluding hydrogens is 506 g/mol. The molecular formula is C26H18F2N2O8. The van der Waals surface area contributed by atoms with Gasteiger partial charge in [-0.05, 0) is 36.4 Å². The molecule has 0 saturated carbocycles. The Kier molecular flexibility index (Phi) is 4.75. The second kappa shape index (κ2) is 7.79. The first-order valence-electron chi connectivity index (χ1n) is 11.7. The summed E-state index contributed by atoms with van der Waals surface area (Å²) >= 11 is 0. The average molecular weight is 524 g/mol. The number of furan rings is 1. The predicted octanol–water partition coefficient (Wildman–Crippen LogP) is 1.83. The fraction of sp³-hybridized carbons (Fsp3) is 0.231. The van der Waals surface area contributed by atoms with Gasteiger partial charge in [-0.3, -0.25) is 14.9 Å². The lowest BCUT2D eigenvalue weighted by Gasteiger charge is -2.41. The third-order valence-corrected chi connectivity index (χ3v) is 7.38. The molecule has 2 aromatic heterocycles. The number of ether oxygens (including phenoxy) is 1. The summed E-state index contributed by atoms with van der Waals surface area (Å²) in [6.45, 7) is -0.696. The van der Waals surface area contributed by atoms with Crippen molar-refractivity contribution in [2.45, 2.75) is 30.6 Å². The summed E-state index contributed by atoms with van der Waals surface area (Å²) in [5, 5.41) is 44.4. The summed E-state index contributed by atoms with van der Waals surface area (Å²) in [5.41, 5.74) is 0.393. The Hall–Kier alpha value is -3.94. The molecule has 1 saturated heterocycles. The van der Waals surface area contributed by atoms with Crippen LogP contribution in [0.1, 0.15) is 26.9 Å². The van der Waals surface area contributed by atoms with Gasteiger partial charge in [-0.25, -0.2) is 8.78 Å². The molecule has 10 nitrogen and oxygen atoms in total. The number of halogens is 2. The van der Waals surface area contributed by atoms with Crippen molar-refractivity contribution in [3.8, 4) is 0 Å². The number of hydrogen-bond donors (Lipinski definition) is 5. The molecule has 5 aromatic rings. The molecule has 194 valence electrons. The number of carbonyl (C=O) groups excluding carboxylic acids is 2. The number of aliphatic hydroxyl groups is 4. The Balaban J connectivity index is 1.72. The normalized spacial score (nSPS) is 25.7. The highest BCUT2D eigenvalue weighted by Crippen LogP contribution is 2.47. The van der Waals surface area contributed by atoms with Gasteiger partial charge >= 0.3 is 0 Å². The zero-order valence-corrected chi connectivity index (χ0v) is 19.2. The first-order chi connectivity index (χ1) is 18.2. The summed E-state index contributed by atoms with van der Waals surface area (Å²) in [7, 11) is 0. The number of rotatable bonds is 2. The number of nitrogens with one attached hydrogen (secondary N) is 1. The predicted molar refractivity (Wildman–Crippen MR) is 127 cm³/mol. The summed E-state index contributed by atoms with van der Waals surface area (Å²) < 4.78 is 42.1. The van der Waals surface area contributed by atoms with Gasteiger partial charge in [0.25, 0.3) is 11.8 Å². The maximum absolute atomic E-state index is 14.5. The topological polar surface area (TPSA) is 154 Å². The van der Waals surface area contributed by atoms with Crippen molar-refractivity contribution >= 4 is 55.6 Å². The number of hydrogen-bond acceptors (Lipinski definition) is 8. The highest BCUT2D eigenvalue weighted by molar-refractivity contribution is 6.38. The fourth-order valence-electron chi connectivity index (χ4n) is 5.74. The van der Waals surface area contributed by atoms with E-state index in [0.29, 0.717) is 0 Å². The van der Waals surface area contributed by atoms with E-state index in [1.54, 1.807) is 0 Å². The highest BCUT2D eigenvalue weighted by Gasteiger charge is 2.46. The first-order valence-corrected chi connectivity index (χ1v) is 11.7. The maximum atomic E-state index is 14.5. The van der Waals surface area contributed by atoms with E-state index in [1.165, 1.54) is 16.7 Å². The fourth-order valence-corrected chi connectivity index (χ4v) is 5.74. The number of imide groups is 1. The number of aliphatic hydroxyl groups excluding tert-OH is 4. The Labute approximate surface area is 210 Å². The lowest BCUT2D eigenvalue weighted by molar-refractivity contribution is -0.249. The largest absolute Gasteiger partial charge is 0.454 e. The Bertz CT molecular complexity index is 1860. The molecule has 0 bridgehead atoms. The van der Waals surface area contributed by atoms with Gasteiger partial charge in [0.2, 0.25) is 0 Å². The molecule has 38 heavy (non-hydrogen) atoms. The Morgan fingerprint density at radius 1 is 0.868 bits per heavy atom. The summed E-state index contributed by atoms with van der Waals surface area (Å²) in [4.78, 5) is 26.1. The molecule has 3 aromatic carbocycles. The number of nitrogens with zero attached hydrogens (tertiary/aromatic N) is 1. The van der Waals surface area contributed by atoms with Crippen LogP contribution in [0.4, 0.5) is 8.78 Å². The van der Waals surface area contributed by atoms with E-state index in [1.807, 2.05) is 0 Å². The Morgan fingerprint density at radius 3 is 2.24 bits per heavy atom. The summed E-state index contributed by atoms with van der Waals surface area (Å²) in [6.07, 6.45) is -7.84. The van der Waals surface area contributed by atoms with Crippen molar-refractivity contribution in [1.29, 1.82) is 0 Å². The lowest BCUT2D eigenvalue weighted by atomic mass is 9.96. The molecule has 1 fully saturated rings. The molecule has 4 heterocycles. The van der Waals surface area contributed by atoms with Gasteiger partial charge in [0.15, 0.2) is 11.8 Å². The molecule has 5 N–H and O–H groups in total. The minimum absolute atomic E-state index is 0.0257. The molecule has 0 aliphatic carbocycles. The minimum atomic E-state index is -1.74. The molecule has 2 aliphatic heterocycles. The van der Waals surface area contributed by atoms with Crippen LogP contribution in [-0.4, -0.2) is 67.8 Å². The molecule has 7 rings (SSSR count). The van der Waals surface area contributed by atoms with E-state index >= 15 is 0 Å². The highest BCUT2D eigenvalue weighted by atomic mass is 19.1. The Morgan fingerprint density at radius 2 is 1.53 bits per heavy atom. The van der Waals surface area contributed by atoms with Crippen molar-refractivity contribution < 1.29 is 48.0 Å². The smallest absolute Gasteiger partial charge is 0.259 e. The zero-order chi connectivity index (χ0) is 26.6. The summed E-state index contributed by atoms with van der Waals surface area (Å²) in [6, 6.07) is 7.32. The van der Waals surface area contributed by atoms with Crippen LogP contribution < -0.4 is 5.32 Å². The maximum Gasteiger partial charge on any atom is 0.259 e. The number of aromatic nitrogens is 1. The van der Waals surface area contributed by atoms with Crippen LogP contribution in [0.15, 0.2) is 40.8 Å². The zero-order valence-electron chi connectivity index (χ0n) is 19.2. The third kappa shape index (κ3) is 2.86. The van der Waals surface area contributed by atoms with Crippen molar-refractivity contribution in [3.63, 3.8) is 0 Å². The van der Waals surface area contributed by atoms with Crippen molar-refractivity contribution in [3.05, 3.63) is 59.2 Å². The molecule has 0 spiro atoms. The van der Waals surface area contributed by atoms with Crippen LogP contribution >= 0.6 is 0 Å². The van der Waals surface area contributed by atoms with Crippen LogP contribution in [-0.2, 0) is 4.74 Å². The van der Waals surface area contributed by atoms with E-state index in [-0.39, 0.29) is 54.9 Å². The van der Waals surface area contributed by atoms with E-state index in [9.17, 15) is 38.8 Å². The molecule has 12 heteroatoms. The quantitative estimate of drug-likeness (QED) is 0.219. The van der Waals surface area contributed by atoms with E-state index in [4.69, 9.17) is 9.15 Å². The molecule has 2 aliphatic rings. The van der Waals surface area contributed by atoms with Crippen LogP contribution in [0.25, 0.3) is 43.7 Å². The molecule has 0 radical (unpaired) electrons. The number of carbonyl (C=O) groups is 2. The van der Waals surface area contributed by atoms with Crippen LogP contribution in [0.5, 0.6) is 0 Å². The second-order valence-corrected chi connectivity index (χ2v) is 9.45. The molecule has 2 amide bonds. The van der Waals surface area contributed by atoms with E-state index in [2.05, 4.69) is 5.32 Å². The van der Waals surface area contributed by atoms with Crippen LogP contribution in [0.2, 0.25) is 0 Å². The monoisotopic (exact) mass is 524 g/mol. The molecule has 5 unspecified atom stereocenters. The first kappa shape index (κ1) is 23.2. The van der Waals surface area contributed by atoms with Gasteiger partial charge in [-0.2, -0.15) is 0 Å². The van der Waals surface area contributed by atoms with Gasteiger partial charge in [0, 0.05) is 21.5 Å². The third-order valence-electron chi connectivity index (χ3n) is 7.38. The lowest BCUT2D eigenvalue weighted by Crippen LogP contribution is -2.56. The van der Waals surface area contributed by atoms with Gasteiger partial charge in [0.05, 0.1) is 28.8 Å². The standard InChI is InChI=1S/C26H18F2N2O8/c27-8-1-3-12-10(5-8)15-17-18(25(36)29-24(17)35)16-11-6-9(28)2-4-13(11)37-23(16)19(15)30(12)26-22(34)21(33)20(32)14(7-31)38-26/h1-6,14,20-22,26,31-34H,7H2,(H,29,35,36). The van der Waals surface area contributed by atoms with E-state index < -0.39 is 60.7 Å². The van der Waals surface area contributed by atoms with Gasteiger partial charge in [-0.15, -0.1) is 0 Å². The van der Waals surface area contributed by atoms with E-state index in [0.717, 1.165) is 24.3 Å². The SMILES string of the molecule is O=C1NC(=O)c2c1c1c3cc(F)ccc3oc1c1c2c2cc(F)ccc2n1C1OC(CO)C(O)C(O)C1O. The van der Waals surface area contributed by atoms with Crippen molar-refractivity contribution in [2.24, 2.45) is 0 Å². The van der Waals surface area contributed by atoms with Gasteiger partial charge in [-0.1, -0.05) is 0 Å². The number of amides is 2. The van der Waals surface area contributed by atoms with Crippen molar-refractivity contribution in [2.75, 3.05) is 6.61 Å².